The zero-order valence-electron chi connectivity index (χ0n) is 15.0. The highest BCUT2D eigenvalue weighted by molar-refractivity contribution is 7.15. The molecule has 3 N–H and O–H groups in total. The van der Waals surface area contributed by atoms with Crippen LogP contribution in [0.2, 0.25) is 0 Å². The van der Waals surface area contributed by atoms with Gasteiger partial charge in [0.1, 0.15) is 10.6 Å². The van der Waals surface area contributed by atoms with Crippen LogP contribution in [0.4, 0.5) is 10.7 Å². The number of benzene rings is 1. The molecule has 0 atom stereocenters. The number of thiophene rings is 1. The monoisotopic (exact) mass is 388 g/mol. The van der Waals surface area contributed by atoms with E-state index in [1.165, 1.54) is 11.5 Å². The third kappa shape index (κ3) is 5.42. The normalized spacial score (nSPS) is 10.6. The van der Waals surface area contributed by atoms with Crippen molar-refractivity contribution >= 4 is 45.9 Å². The van der Waals surface area contributed by atoms with E-state index >= 15 is 0 Å². The van der Waals surface area contributed by atoms with Crippen LogP contribution in [0.25, 0.3) is 6.08 Å². The van der Waals surface area contributed by atoms with Crippen molar-refractivity contribution in [2.75, 3.05) is 24.3 Å². The molecule has 2 rings (SSSR count). The number of nitrogen functional groups attached to an aromatic ring is 1. The van der Waals surface area contributed by atoms with Crippen molar-refractivity contribution in [1.82, 2.24) is 0 Å². The van der Waals surface area contributed by atoms with Crippen LogP contribution in [0.5, 0.6) is 0 Å². The molecule has 0 saturated carbocycles. The SMILES string of the molecule is CCOC(=O)c1csc(NC(=O)/C=C/c2ccc(N)cc2)c1C(=O)OCC. The molecule has 0 unspecified atom stereocenters. The fraction of sp³-hybridized carbons (Fsp3) is 0.211. The molecule has 0 aliphatic rings. The highest BCUT2D eigenvalue weighted by Gasteiger charge is 2.26. The largest absolute Gasteiger partial charge is 0.462 e. The molecule has 0 aliphatic carbocycles. The number of ether oxygens (including phenoxy) is 2. The highest BCUT2D eigenvalue weighted by Crippen LogP contribution is 2.30. The van der Waals surface area contributed by atoms with Crippen LogP contribution >= 0.6 is 11.3 Å². The number of carbonyl (C=O) groups excluding carboxylic acids is 3. The van der Waals surface area contributed by atoms with Gasteiger partial charge in [-0.2, -0.15) is 0 Å². The van der Waals surface area contributed by atoms with Crippen LogP contribution in [0, 0.1) is 0 Å². The molecule has 142 valence electrons. The Bertz CT molecular complexity index is 855. The third-order valence-corrected chi connectivity index (χ3v) is 4.26. The lowest BCUT2D eigenvalue weighted by atomic mass is 10.2. The maximum Gasteiger partial charge on any atom is 0.342 e. The summed E-state index contributed by atoms with van der Waals surface area (Å²) in [6.07, 6.45) is 2.93. The second-order valence-electron chi connectivity index (χ2n) is 5.28. The number of carbonyl (C=O) groups is 3. The first-order valence-corrected chi connectivity index (χ1v) is 9.14. The summed E-state index contributed by atoms with van der Waals surface area (Å²) in [4.78, 5) is 36.5. The maximum atomic E-state index is 12.2. The van der Waals surface area contributed by atoms with E-state index in [-0.39, 0.29) is 29.3 Å². The van der Waals surface area contributed by atoms with Crippen molar-refractivity contribution in [3.05, 3.63) is 52.4 Å². The van der Waals surface area contributed by atoms with Gasteiger partial charge in [-0.15, -0.1) is 11.3 Å². The van der Waals surface area contributed by atoms with Gasteiger partial charge in [0.2, 0.25) is 5.91 Å². The fourth-order valence-electron chi connectivity index (χ4n) is 2.15. The van der Waals surface area contributed by atoms with E-state index in [0.29, 0.717) is 5.69 Å². The van der Waals surface area contributed by atoms with Gasteiger partial charge >= 0.3 is 11.9 Å². The first-order valence-electron chi connectivity index (χ1n) is 8.26. The van der Waals surface area contributed by atoms with Gasteiger partial charge in [-0.1, -0.05) is 12.1 Å². The van der Waals surface area contributed by atoms with Gasteiger partial charge in [-0.3, -0.25) is 4.79 Å². The molecule has 1 heterocycles. The molecule has 2 aromatic rings. The van der Waals surface area contributed by atoms with Gasteiger partial charge in [0.05, 0.1) is 18.8 Å². The summed E-state index contributed by atoms with van der Waals surface area (Å²) in [5.41, 5.74) is 7.10. The van der Waals surface area contributed by atoms with Crippen LogP contribution in [-0.4, -0.2) is 31.1 Å². The Morgan fingerprint density at radius 1 is 1.07 bits per heavy atom. The van der Waals surface area contributed by atoms with Gasteiger partial charge in [0.25, 0.3) is 0 Å². The molecule has 0 radical (unpaired) electrons. The summed E-state index contributed by atoms with van der Waals surface area (Å²) in [6, 6.07) is 6.99. The fourth-order valence-corrected chi connectivity index (χ4v) is 3.07. The lowest BCUT2D eigenvalue weighted by molar-refractivity contribution is -0.111. The maximum absolute atomic E-state index is 12.2. The average Bonchev–Trinajstić information content (AvgIpc) is 3.05. The van der Waals surface area contributed by atoms with Crippen LogP contribution in [0.3, 0.4) is 0 Å². The van der Waals surface area contributed by atoms with Crippen LogP contribution in [0.15, 0.2) is 35.7 Å². The number of esters is 2. The van der Waals surface area contributed by atoms with E-state index in [9.17, 15) is 14.4 Å². The molecule has 1 aromatic heterocycles. The Labute approximate surface area is 160 Å². The predicted octanol–water partition coefficient (Wildman–Crippen LogP) is 3.34. The zero-order chi connectivity index (χ0) is 19.8. The molecule has 27 heavy (non-hydrogen) atoms. The quantitative estimate of drug-likeness (QED) is 0.428. The second kappa shape index (κ2) is 9.54. The van der Waals surface area contributed by atoms with E-state index in [1.54, 1.807) is 44.2 Å². The Balaban J connectivity index is 2.21. The lowest BCUT2D eigenvalue weighted by Gasteiger charge is -2.07. The number of rotatable bonds is 7. The molecule has 7 nitrogen and oxygen atoms in total. The summed E-state index contributed by atoms with van der Waals surface area (Å²) < 4.78 is 9.95. The summed E-state index contributed by atoms with van der Waals surface area (Å²) in [5.74, 6) is -1.79. The van der Waals surface area contributed by atoms with Crippen LogP contribution in [-0.2, 0) is 14.3 Å². The van der Waals surface area contributed by atoms with Gasteiger partial charge < -0.3 is 20.5 Å². The van der Waals surface area contributed by atoms with Gasteiger partial charge in [-0.25, -0.2) is 9.59 Å². The molecule has 1 aromatic carbocycles. The molecule has 0 fully saturated rings. The van der Waals surface area contributed by atoms with Crippen LogP contribution < -0.4 is 11.1 Å². The van der Waals surface area contributed by atoms with E-state index in [2.05, 4.69) is 5.32 Å². The Morgan fingerprint density at radius 3 is 2.33 bits per heavy atom. The van der Waals surface area contributed by atoms with Crippen molar-refractivity contribution in [1.29, 1.82) is 0 Å². The number of anilines is 2. The second-order valence-corrected chi connectivity index (χ2v) is 6.16. The summed E-state index contributed by atoms with van der Waals surface area (Å²) in [6.45, 7) is 3.63. The molecule has 0 aliphatic heterocycles. The minimum Gasteiger partial charge on any atom is -0.462 e. The number of nitrogens with one attached hydrogen (secondary N) is 1. The first kappa shape index (κ1) is 20.2. The van der Waals surface area contributed by atoms with E-state index < -0.39 is 17.8 Å². The standard InChI is InChI=1S/C19H20N2O5S/c1-3-25-18(23)14-11-27-17(16(14)19(24)26-4-2)21-15(22)10-7-12-5-8-13(20)9-6-12/h5-11H,3-4,20H2,1-2H3,(H,21,22)/b10-7+. The Hall–Kier alpha value is -3.13. The van der Waals surface area contributed by atoms with E-state index in [4.69, 9.17) is 15.2 Å². The zero-order valence-corrected chi connectivity index (χ0v) is 15.8. The van der Waals surface area contributed by atoms with E-state index in [0.717, 1.165) is 16.9 Å². The van der Waals surface area contributed by atoms with Crippen molar-refractivity contribution in [2.45, 2.75) is 13.8 Å². The summed E-state index contributed by atoms with van der Waals surface area (Å²) in [5, 5.41) is 4.30. The van der Waals surface area contributed by atoms with E-state index in [1.807, 2.05) is 0 Å². The number of nitrogens with two attached hydrogens (primary N) is 1. The van der Waals surface area contributed by atoms with Crippen molar-refractivity contribution < 1.29 is 23.9 Å². The predicted molar refractivity (Wildman–Crippen MR) is 105 cm³/mol. The molecule has 8 heteroatoms. The highest BCUT2D eigenvalue weighted by atomic mass is 32.1. The van der Waals surface area contributed by atoms with Crippen molar-refractivity contribution in [3.8, 4) is 0 Å². The van der Waals surface area contributed by atoms with Crippen LogP contribution in [0.1, 0.15) is 40.1 Å². The molecular weight excluding hydrogens is 368 g/mol. The third-order valence-electron chi connectivity index (χ3n) is 3.37. The molecule has 0 saturated heterocycles. The average molecular weight is 388 g/mol. The molecule has 1 amide bonds. The number of hydrogen-bond acceptors (Lipinski definition) is 7. The molecule has 0 bridgehead atoms. The number of amides is 1. The lowest BCUT2D eigenvalue weighted by Crippen LogP contribution is -2.15. The molecule has 0 spiro atoms. The van der Waals surface area contributed by atoms with Crippen molar-refractivity contribution in [3.63, 3.8) is 0 Å². The molecular formula is C19H20N2O5S. The van der Waals surface area contributed by atoms with Gasteiger partial charge in [-0.05, 0) is 37.6 Å². The topological polar surface area (TPSA) is 108 Å². The Kier molecular flexibility index (Phi) is 7.13. The summed E-state index contributed by atoms with van der Waals surface area (Å²) in [7, 11) is 0. The van der Waals surface area contributed by atoms with Crippen molar-refractivity contribution in [2.24, 2.45) is 0 Å². The van der Waals surface area contributed by atoms with Gasteiger partial charge in [0.15, 0.2) is 0 Å². The Morgan fingerprint density at radius 2 is 1.70 bits per heavy atom. The smallest absolute Gasteiger partial charge is 0.342 e. The summed E-state index contributed by atoms with van der Waals surface area (Å²) >= 11 is 1.05. The van der Waals surface area contributed by atoms with Gasteiger partial charge in [0, 0.05) is 17.1 Å². The minimum absolute atomic E-state index is 0.00506. The first-order chi connectivity index (χ1) is 13.0. The number of hydrogen-bond donors (Lipinski definition) is 2. The minimum atomic E-state index is -0.695.